The minimum atomic E-state index is -1.72. The van der Waals surface area contributed by atoms with Crippen LogP contribution in [0.3, 0.4) is 0 Å². The maximum absolute atomic E-state index is 14.0. The predicted octanol–water partition coefficient (Wildman–Crippen LogP) is 2.39. The number of hydrogen-bond acceptors (Lipinski definition) is 2. The molecule has 1 aromatic rings. The summed E-state index contributed by atoms with van der Waals surface area (Å²) in [4.78, 5) is -1.55. The molecular formula is C12H11BClFO2. The molecule has 0 heterocycles. The summed E-state index contributed by atoms with van der Waals surface area (Å²) < 4.78 is 14.0. The lowest BCUT2D eigenvalue weighted by Gasteiger charge is -2.34. The molecule has 2 rings (SSSR count). The molecule has 0 saturated heterocycles. The van der Waals surface area contributed by atoms with Crippen molar-refractivity contribution in [3.63, 3.8) is 0 Å². The van der Waals surface area contributed by atoms with Gasteiger partial charge >= 0.3 is 7.12 Å². The number of halogens is 2. The van der Waals surface area contributed by atoms with E-state index in [1.54, 1.807) is 30.3 Å². The Morgan fingerprint density at radius 1 is 1.24 bits per heavy atom. The lowest BCUT2D eigenvalue weighted by atomic mass is 9.61. The van der Waals surface area contributed by atoms with Gasteiger partial charge in [-0.15, -0.1) is 11.6 Å². The number of rotatable bonds is 2. The van der Waals surface area contributed by atoms with E-state index in [1.165, 1.54) is 18.2 Å². The highest BCUT2D eigenvalue weighted by Gasteiger charge is 2.48. The summed E-state index contributed by atoms with van der Waals surface area (Å²) in [5.41, 5.74) is 0.498. The highest BCUT2D eigenvalue weighted by molar-refractivity contribution is 6.48. The van der Waals surface area contributed by atoms with Crippen molar-refractivity contribution < 1.29 is 14.4 Å². The molecule has 0 aromatic heterocycles. The topological polar surface area (TPSA) is 40.5 Å². The van der Waals surface area contributed by atoms with E-state index in [-0.39, 0.29) is 0 Å². The molecule has 0 aliphatic heterocycles. The van der Waals surface area contributed by atoms with Crippen LogP contribution in [0.25, 0.3) is 0 Å². The zero-order valence-electron chi connectivity index (χ0n) is 8.92. The van der Waals surface area contributed by atoms with Gasteiger partial charge in [-0.05, 0) is 11.6 Å². The maximum Gasteiger partial charge on any atom is 0.461 e. The fourth-order valence-electron chi connectivity index (χ4n) is 1.99. The average molecular weight is 252 g/mol. The summed E-state index contributed by atoms with van der Waals surface area (Å²) in [5.74, 6) is -1.51. The molecule has 1 aliphatic carbocycles. The molecule has 0 radical (unpaired) electrons. The van der Waals surface area contributed by atoms with Gasteiger partial charge in [0.05, 0.1) is 0 Å². The Bertz CT molecular complexity index is 461. The van der Waals surface area contributed by atoms with E-state index in [9.17, 15) is 14.4 Å². The molecule has 17 heavy (non-hydrogen) atoms. The Morgan fingerprint density at radius 3 is 2.47 bits per heavy atom. The van der Waals surface area contributed by atoms with E-state index < -0.39 is 23.6 Å². The van der Waals surface area contributed by atoms with Crippen molar-refractivity contribution in [2.75, 3.05) is 0 Å². The van der Waals surface area contributed by atoms with Gasteiger partial charge in [-0.3, -0.25) is 0 Å². The monoisotopic (exact) mass is 252 g/mol. The second kappa shape index (κ2) is 4.65. The molecule has 2 unspecified atom stereocenters. The molecule has 1 aliphatic rings. The van der Waals surface area contributed by atoms with Crippen molar-refractivity contribution in [1.29, 1.82) is 0 Å². The summed E-state index contributed by atoms with van der Waals surface area (Å²) in [6.07, 6.45) is 4.16. The van der Waals surface area contributed by atoms with Crippen molar-refractivity contribution >= 4 is 18.7 Å². The zero-order valence-corrected chi connectivity index (χ0v) is 9.68. The van der Waals surface area contributed by atoms with Crippen molar-refractivity contribution in [2.45, 2.75) is 10.7 Å². The number of benzene rings is 1. The van der Waals surface area contributed by atoms with Crippen LogP contribution in [-0.4, -0.2) is 17.2 Å². The molecule has 0 saturated carbocycles. The van der Waals surface area contributed by atoms with Crippen molar-refractivity contribution in [2.24, 2.45) is 0 Å². The largest absolute Gasteiger partial charge is 0.461 e. The van der Waals surface area contributed by atoms with E-state index in [4.69, 9.17) is 11.6 Å². The van der Waals surface area contributed by atoms with Gasteiger partial charge < -0.3 is 10.0 Å². The molecule has 2 N–H and O–H groups in total. The molecule has 0 spiro atoms. The summed E-state index contributed by atoms with van der Waals surface area (Å²) >= 11 is 6.30. The smallest absolute Gasteiger partial charge is 0.427 e. The normalized spacial score (nSPS) is 27.8. The predicted molar refractivity (Wildman–Crippen MR) is 66.2 cm³/mol. The summed E-state index contributed by atoms with van der Waals surface area (Å²) in [5, 5.41) is 18.6. The SMILES string of the molecule is OB(O)C1C=CC=C(F)C1(Cl)c1ccccc1. The lowest BCUT2D eigenvalue weighted by molar-refractivity contribution is 0.368. The van der Waals surface area contributed by atoms with Gasteiger partial charge in [0.25, 0.3) is 0 Å². The van der Waals surface area contributed by atoms with Crippen LogP contribution in [0.2, 0.25) is 5.82 Å². The molecule has 2 nitrogen and oxygen atoms in total. The van der Waals surface area contributed by atoms with Crippen LogP contribution in [-0.2, 0) is 4.87 Å². The first-order valence-electron chi connectivity index (χ1n) is 5.22. The van der Waals surface area contributed by atoms with Crippen molar-refractivity contribution in [3.05, 3.63) is 60.0 Å². The standard InChI is InChI=1S/C12H11BClFO2/c14-12(9-5-2-1-3-6-9)10(13(16)17)7-4-8-11(12)15/h1-8,10,16-17H. The van der Waals surface area contributed by atoms with Crippen LogP contribution in [0.1, 0.15) is 5.56 Å². The summed E-state index contributed by atoms with van der Waals surface area (Å²) in [6.45, 7) is 0. The van der Waals surface area contributed by atoms with E-state index in [1.807, 2.05) is 0 Å². The molecule has 2 atom stereocenters. The third-order valence-corrected chi connectivity index (χ3v) is 3.53. The first-order chi connectivity index (χ1) is 8.06. The maximum atomic E-state index is 14.0. The van der Waals surface area contributed by atoms with Gasteiger partial charge in [0, 0.05) is 5.82 Å². The molecule has 5 heteroatoms. The van der Waals surface area contributed by atoms with Gasteiger partial charge in [0.1, 0.15) is 10.7 Å². The molecule has 0 amide bonds. The van der Waals surface area contributed by atoms with Crippen LogP contribution in [0, 0.1) is 0 Å². The van der Waals surface area contributed by atoms with Crippen LogP contribution in [0.15, 0.2) is 54.4 Å². The Labute approximate surface area is 104 Å². The molecule has 0 bridgehead atoms. The van der Waals surface area contributed by atoms with Crippen molar-refractivity contribution in [3.8, 4) is 0 Å². The van der Waals surface area contributed by atoms with Gasteiger partial charge in [0.15, 0.2) is 0 Å². The van der Waals surface area contributed by atoms with Crippen LogP contribution < -0.4 is 0 Å². The van der Waals surface area contributed by atoms with E-state index in [0.717, 1.165) is 0 Å². The van der Waals surface area contributed by atoms with Crippen molar-refractivity contribution in [1.82, 2.24) is 0 Å². The molecule has 88 valence electrons. The molecule has 1 aromatic carbocycles. The molecule has 0 fully saturated rings. The van der Waals surface area contributed by atoms with Crippen LogP contribution in [0.4, 0.5) is 4.39 Å². The third-order valence-electron chi connectivity index (χ3n) is 2.88. The minimum Gasteiger partial charge on any atom is -0.427 e. The number of alkyl halides is 1. The Balaban J connectivity index is 2.52. The number of hydrogen-bond donors (Lipinski definition) is 2. The third kappa shape index (κ3) is 2.04. The first-order valence-corrected chi connectivity index (χ1v) is 5.59. The Morgan fingerprint density at radius 2 is 1.88 bits per heavy atom. The average Bonchev–Trinajstić information content (AvgIpc) is 2.33. The zero-order chi connectivity index (χ0) is 12.5. The molecular weight excluding hydrogens is 241 g/mol. The fourth-order valence-corrected chi connectivity index (χ4v) is 2.36. The van der Waals surface area contributed by atoms with Gasteiger partial charge in [-0.25, -0.2) is 4.39 Å². The minimum absolute atomic E-state index is 0.498. The summed E-state index contributed by atoms with van der Waals surface area (Å²) in [6, 6.07) is 8.57. The Hall–Kier alpha value is -1.10. The quantitative estimate of drug-likeness (QED) is 0.627. The van der Waals surface area contributed by atoms with E-state index >= 15 is 0 Å². The van der Waals surface area contributed by atoms with Gasteiger partial charge in [-0.2, -0.15) is 0 Å². The van der Waals surface area contributed by atoms with E-state index in [0.29, 0.717) is 5.56 Å². The first kappa shape index (κ1) is 12.4. The highest BCUT2D eigenvalue weighted by Crippen LogP contribution is 2.50. The second-order valence-corrected chi connectivity index (χ2v) is 4.51. The number of allylic oxidation sites excluding steroid dienone is 4. The Kier molecular flexibility index (Phi) is 3.38. The van der Waals surface area contributed by atoms with Gasteiger partial charge in [0.2, 0.25) is 0 Å². The van der Waals surface area contributed by atoms with E-state index in [2.05, 4.69) is 0 Å². The van der Waals surface area contributed by atoms with Gasteiger partial charge in [-0.1, -0.05) is 42.5 Å². The van der Waals surface area contributed by atoms with Crippen LogP contribution in [0.5, 0.6) is 0 Å². The van der Waals surface area contributed by atoms with Crippen LogP contribution >= 0.6 is 11.6 Å². The second-order valence-electron chi connectivity index (χ2n) is 3.92. The highest BCUT2D eigenvalue weighted by atomic mass is 35.5. The fraction of sp³-hybridized carbons (Fsp3) is 0.167. The summed E-state index contributed by atoms with van der Waals surface area (Å²) in [7, 11) is -1.72. The lowest BCUT2D eigenvalue weighted by Crippen LogP contribution is -2.37.